The summed E-state index contributed by atoms with van der Waals surface area (Å²) in [5, 5.41) is 0.720. The maximum absolute atomic E-state index is 5.72. The Labute approximate surface area is 88.6 Å². The third-order valence-electron chi connectivity index (χ3n) is 1.61. The van der Waals surface area contributed by atoms with Crippen LogP contribution in [0.4, 0.5) is 0 Å². The first-order valence-corrected chi connectivity index (χ1v) is 5.08. The molecule has 0 unspecified atom stereocenters. The van der Waals surface area contributed by atoms with E-state index in [-0.39, 0.29) is 0 Å². The Balaban J connectivity index is 2.41. The highest BCUT2D eigenvalue weighted by Gasteiger charge is 2.00. The van der Waals surface area contributed by atoms with Gasteiger partial charge in [0.1, 0.15) is 5.75 Å². The smallest absolute Gasteiger partial charge is 0.119 e. The normalized spacial score (nSPS) is 12.5. The molecule has 1 atom stereocenters. The van der Waals surface area contributed by atoms with Gasteiger partial charge in [-0.15, -0.1) is 11.6 Å². The minimum Gasteiger partial charge on any atom is -0.493 e. The van der Waals surface area contributed by atoms with Crippen LogP contribution < -0.4 is 4.74 Å². The van der Waals surface area contributed by atoms with Crippen molar-refractivity contribution in [2.24, 2.45) is 5.92 Å². The molecule has 0 aliphatic carbocycles. The zero-order valence-corrected chi connectivity index (χ0v) is 8.98. The van der Waals surface area contributed by atoms with Crippen LogP contribution in [0.25, 0.3) is 0 Å². The molecule has 0 radical (unpaired) electrons. The minimum atomic E-state index is 0.373. The summed E-state index contributed by atoms with van der Waals surface area (Å²) in [6.45, 7) is 2.69. The fourth-order valence-corrected chi connectivity index (χ4v) is 1.03. The maximum atomic E-state index is 5.72. The number of benzene rings is 1. The third-order valence-corrected chi connectivity index (χ3v) is 2.39. The Hall–Kier alpha value is -0.400. The zero-order valence-electron chi connectivity index (χ0n) is 7.47. The highest BCUT2D eigenvalue weighted by atomic mass is 35.5. The van der Waals surface area contributed by atoms with E-state index in [0.29, 0.717) is 18.4 Å². The third kappa shape index (κ3) is 3.88. The summed E-state index contributed by atoms with van der Waals surface area (Å²) in [5.41, 5.74) is 0. The van der Waals surface area contributed by atoms with Crippen LogP contribution in [0.1, 0.15) is 6.92 Å². The number of halogens is 2. The molecule has 1 rings (SSSR count). The lowest BCUT2D eigenvalue weighted by molar-refractivity contribution is 0.273. The molecule has 0 saturated heterocycles. The van der Waals surface area contributed by atoms with Gasteiger partial charge in [-0.05, 0) is 24.3 Å². The lowest BCUT2D eigenvalue weighted by Gasteiger charge is -2.09. The summed E-state index contributed by atoms with van der Waals surface area (Å²) in [7, 11) is 0. The van der Waals surface area contributed by atoms with Gasteiger partial charge in [0.25, 0.3) is 0 Å². The van der Waals surface area contributed by atoms with Crippen LogP contribution in [0.2, 0.25) is 5.02 Å². The van der Waals surface area contributed by atoms with E-state index in [0.717, 1.165) is 10.8 Å². The van der Waals surface area contributed by atoms with Crippen molar-refractivity contribution in [1.82, 2.24) is 0 Å². The van der Waals surface area contributed by atoms with Crippen molar-refractivity contribution in [2.75, 3.05) is 12.5 Å². The van der Waals surface area contributed by atoms with Gasteiger partial charge in [0.2, 0.25) is 0 Å². The number of ether oxygens (including phenoxy) is 1. The molecule has 0 bridgehead atoms. The Bertz CT molecular complexity index is 246. The van der Waals surface area contributed by atoms with Crippen molar-refractivity contribution >= 4 is 23.2 Å². The van der Waals surface area contributed by atoms with E-state index in [1.54, 1.807) is 0 Å². The molecule has 0 fully saturated rings. The van der Waals surface area contributed by atoms with Crippen LogP contribution >= 0.6 is 23.2 Å². The summed E-state index contributed by atoms with van der Waals surface area (Å²) >= 11 is 11.4. The van der Waals surface area contributed by atoms with Gasteiger partial charge in [-0.3, -0.25) is 0 Å². The number of hydrogen-bond donors (Lipinski definition) is 0. The second-order valence-corrected chi connectivity index (χ2v) is 3.77. The lowest BCUT2D eigenvalue weighted by Crippen LogP contribution is -2.09. The quantitative estimate of drug-likeness (QED) is 0.703. The van der Waals surface area contributed by atoms with Gasteiger partial charge < -0.3 is 4.74 Å². The summed E-state index contributed by atoms with van der Waals surface area (Å²) in [4.78, 5) is 0. The molecular formula is C10H12Cl2O. The molecule has 1 nitrogen and oxygen atoms in total. The topological polar surface area (TPSA) is 9.23 Å². The summed E-state index contributed by atoms with van der Waals surface area (Å²) in [6.07, 6.45) is 0. The van der Waals surface area contributed by atoms with Crippen LogP contribution in [-0.2, 0) is 0 Å². The molecule has 13 heavy (non-hydrogen) atoms. The maximum Gasteiger partial charge on any atom is 0.119 e. The molecule has 0 spiro atoms. The fraction of sp³-hybridized carbons (Fsp3) is 0.400. The highest BCUT2D eigenvalue weighted by molar-refractivity contribution is 6.30. The van der Waals surface area contributed by atoms with Crippen molar-refractivity contribution in [1.29, 1.82) is 0 Å². The summed E-state index contributed by atoms with van der Waals surface area (Å²) in [6, 6.07) is 7.32. The van der Waals surface area contributed by atoms with E-state index in [4.69, 9.17) is 27.9 Å². The van der Waals surface area contributed by atoms with E-state index in [1.165, 1.54) is 0 Å². The van der Waals surface area contributed by atoms with Crippen molar-refractivity contribution in [2.45, 2.75) is 6.92 Å². The van der Waals surface area contributed by atoms with Crippen LogP contribution in [0.5, 0.6) is 5.75 Å². The Kier molecular flexibility index (Phi) is 4.40. The summed E-state index contributed by atoms with van der Waals surface area (Å²) < 4.78 is 5.47. The molecule has 0 amide bonds. The van der Waals surface area contributed by atoms with Gasteiger partial charge in [-0.25, -0.2) is 0 Å². The van der Waals surface area contributed by atoms with Gasteiger partial charge in [-0.2, -0.15) is 0 Å². The predicted molar refractivity (Wildman–Crippen MR) is 56.8 cm³/mol. The van der Waals surface area contributed by atoms with E-state index < -0.39 is 0 Å². The molecule has 0 aliphatic heterocycles. The SMILES string of the molecule is C[C@@H](CCl)COc1ccc(Cl)cc1. The number of alkyl halides is 1. The molecule has 72 valence electrons. The molecule has 1 aromatic rings. The van der Waals surface area contributed by atoms with Crippen molar-refractivity contribution in [3.8, 4) is 5.75 Å². The van der Waals surface area contributed by atoms with Crippen LogP contribution in [0, 0.1) is 5.92 Å². The second-order valence-electron chi connectivity index (χ2n) is 3.02. The fourth-order valence-electron chi connectivity index (χ4n) is 0.814. The molecule has 0 saturated carbocycles. The number of rotatable bonds is 4. The van der Waals surface area contributed by atoms with E-state index in [1.807, 2.05) is 31.2 Å². The van der Waals surface area contributed by atoms with Gasteiger partial charge >= 0.3 is 0 Å². The second kappa shape index (κ2) is 5.36. The number of hydrogen-bond acceptors (Lipinski definition) is 1. The first-order chi connectivity index (χ1) is 6.22. The van der Waals surface area contributed by atoms with Gasteiger partial charge in [0.05, 0.1) is 6.61 Å². The first kappa shape index (κ1) is 10.7. The molecule has 0 aromatic heterocycles. The van der Waals surface area contributed by atoms with E-state index >= 15 is 0 Å². The molecule has 0 aliphatic rings. The zero-order chi connectivity index (χ0) is 9.68. The molecular weight excluding hydrogens is 207 g/mol. The van der Waals surface area contributed by atoms with E-state index in [2.05, 4.69) is 0 Å². The monoisotopic (exact) mass is 218 g/mol. The Morgan fingerprint density at radius 1 is 1.31 bits per heavy atom. The average molecular weight is 219 g/mol. The van der Waals surface area contributed by atoms with Crippen molar-refractivity contribution < 1.29 is 4.74 Å². The van der Waals surface area contributed by atoms with Crippen LogP contribution in [0.15, 0.2) is 24.3 Å². The first-order valence-electron chi connectivity index (χ1n) is 4.16. The largest absolute Gasteiger partial charge is 0.493 e. The molecule has 0 heterocycles. The van der Waals surface area contributed by atoms with Crippen LogP contribution in [0.3, 0.4) is 0 Å². The van der Waals surface area contributed by atoms with Gasteiger partial charge in [0, 0.05) is 16.8 Å². The standard InChI is InChI=1S/C10H12Cl2O/c1-8(6-11)7-13-10-4-2-9(12)3-5-10/h2-5,8H,6-7H2,1H3/t8-/m0/s1. The lowest BCUT2D eigenvalue weighted by atomic mass is 10.2. The molecule has 1 aromatic carbocycles. The van der Waals surface area contributed by atoms with Gasteiger partial charge in [-0.1, -0.05) is 18.5 Å². The summed E-state index contributed by atoms with van der Waals surface area (Å²) in [5.74, 6) is 1.83. The highest BCUT2D eigenvalue weighted by Crippen LogP contribution is 2.16. The molecule has 0 N–H and O–H groups in total. The molecule has 3 heteroatoms. The van der Waals surface area contributed by atoms with E-state index in [9.17, 15) is 0 Å². The van der Waals surface area contributed by atoms with Crippen molar-refractivity contribution in [3.63, 3.8) is 0 Å². The van der Waals surface area contributed by atoms with Crippen LogP contribution in [-0.4, -0.2) is 12.5 Å². The van der Waals surface area contributed by atoms with Gasteiger partial charge in [0.15, 0.2) is 0 Å². The minimum absolute atomic E-state index is 0.373. The predicted octanol–water partition coefficient (Wildman–Crippen LogP) is 3.59. The Morgan fingerprint density at radius 2 is 1.92 bits per heavy atom. The average Bonchev–Trinajstić information content (AvgIpc) is 2.16. The van der Waals surface area contributed by atoms with Crippen molar-refractivity contribution in [3.05, 3.63) is 29.3 Å². The Morgan fingerprint density at radius 3 is 2.46 bits per heavy atom.